The van der Waals surface area contributed by atoms with Gasteiger partial charge in [-0.15, -0.1) is 0 Å². The molecule has 1 unspecified atom stereocenters. The summed E-state index contributed by atoms with van der Waals surface area (Å²) in [4.78, 5) is 32.7. The minimum absolute atomic E-state index is 0.00981. The third kappa shape index (κ3) is 2.50. The van der Waals surface area contributed by atoms with E-state index in [2.05, 4.69) is 5.32 Å². The number of anilines is 1. The molecule has 1 aliphatic heterocycles. The van der Waals surface area contributed by atoms with Crippen LogP contribution in [-0.4, -0.2) is 35.1 Å². The maximum absolute atomic E-state index is 14.6. The Balaban J connectivity index is 2.64. The number of carbonyl (C=O) groups is 2. The lowest BCUT2D eigenvalue weighted by atomic mass is 9.79. The highest BCUT2D eigenvalue weighted by Crippen LogP contribution is 2.40. The second kappa shape index (κ2) is 5.68. The number of carboxylic acid groups (broad SMARTS) is 1. The molecule has 9 heteroatoms. The zero-order valence-electron chi connectivity index (χ0n) is 11.6. The molecule has 1 atom stereocenters. The highest BCUT2D eigenvalue weighted by molar-refractivity contribution is 5.92. The van der Waals surface area contributed by atoms with E-state index >= 15 is 0 Å². The predicted octanol–water partition coefficient (Wildman–Crippen LogP) is 1.43. The van der Waals surface area contributed by atoms with Crippen molar-refractivity contribution in [3.63, 3.8) is 0 Å². The first kappa shape index (κ1) is 15.8. The number of carbonyl (C=O) groups excluding carboxylic acids is 1. The highest BCUT2D eigenvalue weighted by Gasteiger charge is 2.47. The smallest absolute Gasteiger partial charge is 0.328 e. The Labute approximate surface area is 124 Å². The molecule has 1 heterocycles. The zero-order chi connectivity index (χ0) is 16.5. The summed E-state index contributed by atoms with van der Waals surface area (Å²) in [5, 5.41) is 22.7. The molecule has 8 nitrogen and oxygen atoms in total. The van der Waals surface area contributed by atoms with E-state index in [0.717, 1.165) is 19.1 Å². The maximum Gasteiger partial charge on any atom is 0.328 e. The Hall–Kier alpha value is -2.55. The molecule has 1 amide bonds. The van der Waals surface area contributed by atoms with Crippen LogP contribution in [0.15, 0.2) is 12.1 Å². The van der Waals surface area contributed by atoms with E-state index in [4.69, 9.17) is 4.74 Å². The maximum atomic E-state index is 14.6. The monoisotopic (exact) mass is 312 g/mol. The third-order valence-electron chi connectivity index (χ3n) is 3.56. The number of hydrogen-bond donors (Lipinski definition) is 2. The number of aliphatic carboxylic acids is 1. The van der Waals surface area contributed by atoms with Gasteiger partial charge >= 0.3 is 11.7 Å². The topological polar surface area (TPSA) is 119 Å². The van der Waals surface area contributed by atoms with Crippen LogP contribution in [0.5, 0.6) is 0 Å². The van der Waals surface area contributed by atoms with Crippen molar-refractivity contribution in [1.29, 1.82) is 0 Å². The minimum atomic E-state index is -1.66. The number of benzene rings is 1. The Bertz CT molecular complexity index is 654. The van der Waals surface area contributed by atoms with Crippen molar-refractivity contribution < 1.29 is 28.7 Å². The zero-order valence-corrected chi connectivity index (χ0v) is 11.6. The summed E-state index contributed by atoms with van der Waals surface area (Å²) in [7, 11) is 0. The summed E-state index contributed by atoms with van der Waals surface area (Å²) in [5.74, 6) is -3.19. The summed E-state index contributed by atoms with van der Waals surface area (Å²) in [6.07, 6.45) is 0.00981. The van der Waals surface area contributed by atoms with Crippen LogP contribution in [0.25, 0.3) is 0 Å². The van der Waals surface area contributed by atoms with Gasteiger partial charge in [0.15, 0.2) is 0 Å². The number of nitro benzene ring substituents is 1. The van der Waals surface area contributed by atoms with E-state index in [9.17, 15) is 29.2 Å². The van der Waals surface area contributed by atoms with E-state index in [1.165, 1.54) is 0 Å². The van der Waals surface area contributed by atoms with Crippen molar-refractivity contribution in [2.75, 3.05) is 18.5 Å². The Morgan fingerprint density at radius 3 is 2.64 bits per heavy atom. The van der Waals surface area contributed by atoms with Crippen molar-refractivity contribution in [2.45, 2.75) is 18.8 Å². The van der Waals surface area contributed by atoms with Crippen LogP contribution < -0.4 is 5.32 Å². The first-order valence-electron chi connectivity index (χ1n) is 6.35. The molecule has 118 valence electrons. The Morgan fingerprint density at radius 2 is 2.18 bits per heavy atom. The van der Waals surface area contributed by atoms with Crippen LogP contribution >= 0.6 is 0 Å². The average Bonchev–Trinajstić information content (AvgIpc) is 2.88. The molecule has 1 saturated heterocycles. The summed E-state index contributed by atoms with van der Waals surface area (Å²) in [6.45, 7) is 0.974. The number of halogens is 1. The molecule has 0 saturated carbocycles. The number of nitrogens with zero attached hydrogens (tertiary/aromatic N) is 1. The fraction of sp³-hybridized carbons (Fsp3) is 0.385. The summed E-state index contributed by atoms with van der Waals surface area (Å²) < 4.78 is 19.6. The molecule has 0 bridgehead atoms. The lowest BCUT2D eigenvalue weighted by molar-refractivity contribution is -0.386. The molecule has 1 aromatic carbocycles. The largest absolute Gasteiger partial charge is 0.481 e. The molecular weight excluding hydrogens is 299 g/mol. The fourth-order valence-electron chi connectivity index (χ4n) is 2.46. The Kier molecular flexibility index (Phi) is 4.09. The van der Waals surface area contributed by atoms with E-state index in [1.54, 1.807) is 0 Å². The van der Waals surface area contributed by atoms with Crippen molar-refractivity contribution in [3.8, 4) is 0 Å². The van der Waals surface area contributed by atoms with Crippen LogP contribution in [0, 0.1) is 15.9 Å². The lowest BCUT2D eigenvalue weighted by Gasteiger charge is -2.23. The average molecular weight is 312 g/mol. The van der Waals surface area contributed by atoms with Gasteiger partial charge in [-0.2, -0.15) is 4.39 Å². The van der Waals surface area contributed by atoms with Gasteiger partial charge in [-0.25, -0.2) is 0 Å². The van der Waals surface area contributed by atoms with Crippen LogP contribution in [0.4, 0.5) is 15.8 Å². The third-order valence-corrected chi connectivity index (χ3v) is 3.56. The number of hydrogen-bond acceptors (Lipinski definition) is 5. The van der Waals surface area contributed by atoms with Gasteiger partial charge in [0.1, 0.15) is 11.1 Å². The molecular formula is C13H13FN2O6. The second-order valence-electron chi connectivity index (χ2n) is 4.95. The molecule has 0 aliphatic carbocycles. The number of rotatable bonds is 4. The second-order valence-corrected chi connectivity index (χ2v) is 4.95. The number of nitrogens with one attached hydrogen (secondary N) is 1. The normalized spacial score (nSPS) is 20.6. The summed E-state index contributed by atoms with van der Waals surface area (Å²) >= 11 is 0. The molecule has 22 heavy (non-hydrogen) atoms. The fourth-order valence-corrected chi connectivity index (χ4v) is 2.46. The van der Waals surface area contributed by atoms with Crippen LogP contribution in [0.1, 0.15) is 18.9 Å². The Morgan fingerprint density at radius 1 is 1.50 bits per heavy atom. The van der Waals surface area contributed by atoms with Gasteiger partial charge in [-0.05, 0) is 12.5 Å². The quantitative estimate of drug-likeness (QED) is 0.641. The van der Waals surface area contributed by atoms with Crippen LogP contribution in [0.3, 0.4) is 0 Å². The van der Waals surface area contributed by atoms with Gasteiger partial charge in [0.25, 0.3) is 0 Å². The van der Waals surface area contributed by atoms with E-state index in [-0.39, 0.29) is 30.9 Å². The predicted molar refractivity (Wildman–Crippen MR) is 72.1 cm³/mol. The summed E-state index contributed by atoms with van der Waals surface area (Å²) in [6, 6.07) is 2.26. The van der Waals surface area contributed by atoms with Crippen molar-refractivity contribution in [1.82, 2.24) is 0 Å². The number of carboxylic acids is 1. The van der Waals surface area contributed by atoms with Crippen molar-refractivity contribution in [2.24, 2.45) is 0 Å². The van der Waals surface area contributed by atoms with Gasteiger partial charge < -0.3 is 15.2 Å². The van der Waals surface area contributed by atoms with E-state index in [1.807, 2.05) is 0 Å². The van der Waals surface area contributed by atoms with Crippen LogP contribution in [0.2, 0.25) is 0 Å². The SMILES string of the molecule is CC(=O)Nc1ccc(C2(C(=O)O)CCOC2)c(F)c1[N+](=O)[O-]. The summed E-state index contributed by atoms with van der Waals surface area (Å²) in [5.41, 5.74) is -3.26. The molecule has 1 aliphatic rings. The molecule has 1 aromatic rings. The molecule has 2 rings (SSSR count). The minimum Gasteiger partial charge on any atom is -0.481 e. The standard InChI is InChI=1S/C13H13FN2O6/c1-7(17)15-9-3-2-8(10(14)11(9)16(20)21)13(12(18)19)4-5-22-6-13/h2-3H,4-6H2,1H3,(H,15,17)(H,18,19). The van der Waals surface area contributed by atoms with Gasteiger partial charge in [-0.3, -0.25) is 19.7 Å². The van der Waals surface area contributed by atoms with Crippen molar-refractivity contribution in [3.05, 3.63) is 33.6 Å². The van der Waals surface area contributed by atoms with E-state index < -0.39 is 33.7 Å². The first-order valence-corrected chi connectivity index (χ1v) is 6.35. The van der Waals surface area contributed by atoms with Gasteiger partial charge in [0.05, 0.1) is 11.5 Å². The number of nitro groups is 1. The lowest BCUT2D eigenvalue weighted by Crippen LogP contribution is -2.37. The van der Waals surface area contributed by atoms with E-state index in [0.29, 0.717) is 0 Å². The molecule has 0 aromatic heterocycles. The molecule has 2 N–H and O–H groups in total. The number of amides is 1. The molecule has 1 fully saturated rings. The van der Waals surface area contributed by atoms with Crippen molar-refractivity contribution >= 4 is 23.3 Å². The highest BCUT2D eigenvalue weighted by atomic mass is 19.1. The van der Waals surface area contributed by atoms with Gasteiger partial charge in [0.2, 0.25) is 11.7 Å². The first-order chi connectivity index (χ1) is 10.3. The number of ether oxygens (including phenoxy) is 1. The molecule has 0 radical (unpaired) electrons. The van der Waals surface area contributed by atoms with Gasteiger partial charge in [0, 0.05) is 19.1 Å². The molecule has 0 spiro atoms. The van der Waals surface area contributed by atoms with Gasteiger partial charge in [-0.1, -0.05) is 6.07 Å². The van der Waals surface area contributed by atoms with Crippen LogP contribution in [-0.2, 0) is 19.7 Å².